The number of anilines is 1. The Labute approximate surface area is 167 Å². The summed E-state index contributed by atoms with van der Waals surface area (Å²) < 4.78 is 14.9. The highest BCUT2D eigenvalue weighted by atomic mass is 19.1. The van der Waals surface area contributed by atoms with E-state index in [1.165, 1.54) is 22.8 Å². The zero-order valence-electron chi connectivity index (χ0n) is 16.7. The number of hydrogen-bond acceptors (Lipinski definition) is 5. The van der Waals surface area contributed by atoms with Gasteiger partial charge in [-0.15, -0.1) is 0 Å². The lowest BCUT2D eigenvalue weighted by Crippen LogP contribution is -2.26. The van der Waals surface area contributed by atoms with Crippen LogP contribution in [-0.2, 0) is 11.8 Å². The molecule has 2 rings (SSSR count). The van der Waals surface area contributed by atoms with Crippen LogP contribution in [0.3, 0.4) is 0 Å². The van der Waals surface area contributed by atoms with Gasteiger partial charge >= 0.3 is 0 Å². The van der Waals surface area contributed by atoms with Gasteiger partial charge in [-0.3, -0.25) is 14.4 Å². The molecule has 8 heteroatoms. The third kappa shape index (κ3) is 4.76. The van der Waals surface area contributed by atoms with Crippen molar-refractivity contribution in [3.05, 3.63) is 52.6 Å². The number of benzene rings is 1. The van der Waals surface area contributed by atoms with Crippen molar-refractivity contribution >= 4 is 23.2 Å². The Balaban J connectivity index is 2.28. The SMILES string of the molecule is Cc1c(C(=O)C(=O)CC(C)(C)CO)cc(C(=O)Nc2ccc(F)c(C#N)c2)n1C. The summed E-state index contributed by atoms with van der Waals surface area (Å²) in [5, 5.41) is 20.7. The van der Waals surface area contributed by atoms with Crippen LogP contribution >= 0.6 is 0 Å². The first-order valence-corrected chi connectivity index (χ1v) is 8.86. The molecule has 1 aromatic carbocycles. The van der Waals surface area contributed by atoms with Crippen molar-refractivity contribution in [2.24, 2.45) is 12.5 Å². The number of nitrogens with one attached hydrogen (secondary N) is 1. The number of aromatic nitrogens is 1. The molecule has 1 amide bonds. The minimum absolute atomic E-state index is 0.105. The number of halogens is 1. The molecule has 7 nitrogen and oxygen atoms in total. The predicted molar refractivity (Wildman–Crippen MR) is 104 cm³/mol. The topological polar surface area (TPSA) is 112 Å². The molecule has 0 spiro atoms. The molecule has 2 N–H and O–H groups in total. The fraction of sp³-hybridized carbons (Fsp3) is 0.333. The Kier molecular flexibility index (Phi) is 6.34. The molecule has 0 saturated heterocycles. The van der Waals surface area contributed by atoms with Gasteiger partial charge in [0.25, 0.3) is 5.91 Å². The fourth-order valence-electron chi connectivity index (χ4n) is 2.75. The molecule has 0 aliphatic carbocycles. The van der Waals surface area contributed by atoms with Crippen LogP contribution in [0.2, 0.25) is 0 Å². The van der Waals surface area contributed by atoms with Crippen molar-refractivity contribution < 1.29 is 23.9 Å². The van der Waals surface area contributed by atoms with Crippen LogP contribution in [0.5, 0.6) is 0 Å². The zero-order valence-corrected chi connectivity index (χ0v) is 16.7. The molecule has 1 aromatic heterocycles. The predicted octanol–water partition coefficient (Wildman–Crippen LogP) is 2.76. The summed E-state index contributed by atoms with van der Waals surface area (Å²) in [5.74, 6) is -2.65. The Bertz CT molecular complexity index is 1030. The second kappa shape index (κ2) is 8.37. The number of nitriles is 1. The summed E-state index contributed by atoms with van der Waals surface area (Å²) in [5.41, 5.74) is -0.0427. The van der Waals surface area contributed by atoms with Crippen LogP contribution < -0.4 is 5.32 Å². The Hall–Kier alpha value is -3.31. The minimum atomic E-state index is -0.729. The third-order valence-corrected chi connectivity index (χ3v) is 4.68. The van der Waals surface area contributed by atoms with E-state index in [0.717, 1.165) is 6.07 Å². The maximum Gasteiger partial charge on any atom is 0.272 e. The van der Waals surface area contributed by atoms with Gasteiger partial charge in [0.2, 0.25) is 11.6 Å². The van der Waals surface area contributed by atoms with Crippen molar-refractivity contribution in [1.82, 2.24) is 4.57 Å². The highest BCUT2D eigenvalue weighted by molar-refractivity contribution is 6.44. The molecule has 29 heavy (non-hydrogen) atoms. The fourth-order valence-corrected chi connectivity index (χ4v) is 2.75. The van der Waals surface area contributed by atoms with Crippen molar-refractivity contribution in [3.8, 4) is 6.07 Å². The molecule has 0 aliphatic heterocycles. The van der Waals surface area contributed by atoms with Gasteiger partial charge in [-0.25, -0.2) is 4.39 Å². The third-order valence-electron chi connectivity index (χ3n) is 4.68. The van der Waals surface area contributed by atoms with Crippen LogP contribution in [0, 0.1) is 29.5 Å². The maximum absolute atomic E-state index is 13.4. The number of nitrogens with zero attached hydrogens (tertiary/aromatic N) is 2. The van der Waals surface area contributed by atoms with Gasteiger partial charge in [0.05, 0.1) is 5.56 Å². The summed E-state index contributed by atoms with van der Waals surface area (Å²) in [6.07, 6.45) is -0.120. The van der Waals surface area contributed by atoms with E-state index in [9.17, 15) is 23.9 Å². The normalized spacial score (nSPS) is 11.1. The molecule has 0 bridgehead atoms. The molecular formula is C21H22FN3O4. The number of Topliss-reactive ketones (excluding diaryl/α,β-unsaturated/α-hetero) is 2. The lowest BCUT2D eigenvalue weighted by atomic mass is 9.86. The largest absolute Gasteiger partial charge is 0.396 e. The lowest BCUT2D eigenvalue weighted by molar-refractivity contribution is -0.117. The van der Waals surface area contributed by atoms with E-state index in [1.54, 1.807) is 33.9 Å². The molecule has 1 heterocycles. The van der Waals surface area contributed by atoms with Crippen LogP contribution in [0.4, 0.5) is 10.1 Å². The average Bonchev–Trinajstić information content (AvgIpc) is 2.97. The van der Waals surface area contributed by atoms with E-state index < -0.39 is 28.7 Å². The molecule has 152 valence electrons. The van der Waals surface area contributed by atoms with Crippen molar-refractivity contribution in [3.63, 3.8) is 0 Å². The molecule has 0 aliphatic rings. The van der Waals surface area contributed by atoms with E-state index in [-0.39, 0.29) is 35.5 Å². The van der Waals surface area contributed by atoms with Gasteiger partial charge in [-0.2, -0.15) is 5.26 Å². The van der Waals surface area contributed by atoms with E-state index in [4.69, 9.17) is 5.26 Å². The molecule has 0 saturated carbocycles. The molecule has 0 radical (unpaired) electrons. The first-order chi connectivity index (χ1) is 13.5. The summed E-state index contributed by atoms with van der Waals surface area (Å²) in [4.78, 5) is 37.5. The van der Waals surface area contributed by atoms with E-state index in [0.29, 0.717) is 5.69 Å². The van der Waals surface area contributed by atoms with Crippen molar-refractivity contribution in [1.29, 1.82) is 5.26 Å². The summed E-state index contributed by atoms with van der Waals surface area (Å²) in [7, 11) is 1.58. The average molecular weight is 399 g/mol. The number of hydrogen-bond donors (Lipinski definition) is 2. The first-order valence-electron chi connectivity index (χ1n) is 8.86. The number of carbonyl (C=O) groups is 3. The number of aliphatic hydroxyl groups excluding tert-OH is 1. The molecular weight excluding hydrogens is 377 g/mol. The monoisotopic (exact) mass is 399 g/mol. The van der Waals surface area contributed by atoms with Crippen LogP contribution in [0.15, 0.2) is 24.3 Å². The van der Waals surface area contributed by atoms with Gasteiger partial charge < -0.3 is 15.0 Å². The minimum Gasteiger partial charge on any atom is -0.396 e. The van der Waals surface area contributed by atoms with Crippen LogP contribution in [0.25, 0.3) is 0 Å². The van der Waals surface area contributed by atoms with Crippen molar-refractivity contribution in [2.45, 2.75) is 27.2 Å². The smallest absolute Gasteiger partial charge is 0.272 e. The van der Waals surface area contributed by atoms with E-state index in [2.05, 4.69) is 5.32 Å². The highest BCUT2D eigenvalue weighted by Crippen LogP contribution is 2.23. The van der Waals surface area contributed by atoms with Gasteiger partial charge in [0.1, 0.15) is 17.6 Å². The number of rotatable bonds is 7. The molecule has 0 atom stereocenters. The van der Waals surface area contributed by atoms with Gasteiger partial charge in [-0.05, 0) is 36.6 Å². The number of amides is 1. The zero-order chi connectivity index (χ0) is 21.9. The molecule has 0 fully saturated rings. The number of ketones is 2. The maximum atomic E-state index is 13.4. The Morgan fingerprint density at radius 2 is 1.93 bits per heavy atom. The quantitative estimate of drug-likeness (QED) is 0.549. The van der Waals surface area contributed by atoms with E-state index >= 15 is 0 Å². The van der Waals surface area contributed by atoms with Gasteiger partial charge in [0, 0.05) is 37.0 Å². The number of carbonyl (C=O) groups excluding carboxylic acids is 3. The summed E-state index contributed by atoms with van der Waals surface area (Å²) >= 11 is 0. The summed E-state index contributed by atoms with van der Waals surface area (Å²) in [6.45, 7) is 4.72. The van der Waals surface area contributed by atoms with Crippen molar-refractivity contribution in [2.75, 3.05) is 11.9 Å². The standard InChI is InChI=1S/C21H22FN3O4/c1-12-15(19(28)18(27)9-21(2,3)11-26)8-17(25(12)4)20(29)24-14-5-6-16(22)13(7-14)10-23/h5-8,26H,9,11H2,1-4H3,(H,24,29). The highest BCUT2D eigenvalue weighted by Gasteiger charge is 2.29. The Morgan fingerprint density at radius 3 is 2.52 bits per heavy atom. The second-order valence-electron chi connectivity index (χ2n) is 7.60. The Morgan fingerprint density at radius 1 is 1.28 bits per heavy atom. The molecule has 0 unspecified atom stereocenters. The van der Waals surface area contributed by atoms with Gasteiger partial charge in [-0.1, -0.05) is 13.8 Å². The second-order valence-corrected chi connectivity index (χ2v) is 7.60. The molecule has 2 aromatic rings. The first kappa shape index (κ1) is 22.0. The van der Waals surface area contributed by atoms with Gasteiger partial charge in [0.15, 0.2) is 0 Å². The lowest BCUT2D eigenvalue weighted by Gasteiger charge is -2.19. The van der Waals surface area contributed by atoms with E-state index in [1.807, 2.05) is 0 Å². The van der Waals surface area contributed by atoms with Crippen LogP contribution in [0.1, 0.15) is 52.4 Å². The number of aliphatic hydroxyl groups is 1. The summed E-state index contributed by atoms with van der Waals surface area (Å²) in [6, 6.07) is 6.61. The van der Waals surface area contributed by atoms with Crippen LogP contribution in [-0.4, -0.2) is 33.8 Å².